The largest absolute Gasteiger partial charge is 0.369 e. The van der Waals surface area contributed by atoms with E-state index in [1.807, 2.05) is 0 Å². The van der Waals surface area contributed by atoms with Crippen LogP contribution in [0.1, 0.15) is 64.0 Å². The van der Waals surface area contributed by atoms with Crippen molar-refractivity contribution in [2.45, 2.75) is 78.4 Å². The van der Waals surface area contributed by atoms with Crippen molar-refractivity contribution in [2.75, 3.05) is 11.4 Å². The Morgan fingerprint density at radius 3 is 2.62 bits per heavy atom. The molecule has 1 aliphatic carbocycles. The van der Waals surface area contributed by atoms with E-state index in [1.54, 1.807) is 0 Å². The average molecular weight is 288 g/mol. The van der Waals surface area contributed by atoms with Gasteiger partial charge >= 0.3 is 0 Å². The van der Waals surface area contributed by atoms with Crippen molar-refractivity contribution < 1.29 is 0 Å². The monoisotopic (exact) mass is 288 g/mol. The third-order valence-corrected chi connectivity index (χ3v) is 4.33. The lowest BCUT2D eigenvalue weighted by molar-refractivity contribution is 0.618. The van der Waals surface area contributed by atoms with Gasteiger partial charge in [0, 0.05) is 30.9 Å². The normalized spacial score (nSPS) is 14.7. The van der Waals surface area contributed by atoms with E-state index in [9.17, 15) is 0 Å². The lowest BCUT2D eigenvalue weighted by Gasteiger charge is -2.31. The smallest absolute Gasteiger partial charge is 0.0414 e. The number of nitrogens with one attached hydrogen (secondary N) is 1. The van der Waals surface area contributed by atoms with Gasteiger partial charge in [-0.3, -0.25) is 0 Å². The molecule has 2 rings (SSSR count). The van der Waals surface area contributed by atoms with Crippen LogP contribution >= 0.6 is 0 Å². The molecule has 118 valence electrons. The maximum atomic E-state index is 3.67. The summed E-state index contributed by atoms with van der Waals surface area (Å²) in [6, 6.07) is 8.27. The number of unbranched alkanes of at least 4 members (excludes halogenated alkanes) is 2. The van der Waals surface area contributed by atoms with Crippen LogP contribution < -0.4 is 10.2 Å². The molecule has 2 nitrogen and oxygen atoms in total. The van der Waals surface area contributed by atoms with Crippen molar-refractivity contribution in [1.29, 1.82) is 0 Å². The summed E-state index contributed by atoms with van der Waals surface area (Å²) in [7, 11) is 0. The summed E-state index contributed by atoms with van der Waals surface area (Å²) in [6.45, 7) is 11.3. The van der Waals surface area contributed by atoms with E-state index in [2.05, 4.69) is 56.1 Å². The molecule has 1 fully saturated rings. The lowest BCUT2D eigenvalue weighted by Crippen LogP contribution is -2.33. The first kappa shape index (κ1) is 16.4. The molecular formula is C19H32N2. The van der Waals surface area contributed by atoms with Crippen LogP contribution in [0.2, 0.25) is 0 Å². The van der Waals surface area contributed by atoms with Gasteiger partial charge in [-0.1, -0.05) is 37.5 Å². The summed E-state index contributed by atoms with van der Waals surface area (Å²) in [5.74, 6) is 0. The maximum absolute atomic E-state index is 3.67. The number of hydrogen-bond acceptors (Lipinski definition) is 2. The average Bonchev–Trinajstić information content (AvgIpc) is 3.26. The van der Waals surface area contributed by atoms with Crippen LogP contribution in [0.25, 0.3) is 0 Å². The molecule has 0 saturated heterocycles. The maximum Gasteiger partial charge on any atom is 0.0414 e. The van der Waals surface area contributed by atoms with Gasteiger partial charge in [-0.25, -0.2) is 0 Å². The lowest BCUT2D eigenvalue weighted by atomic mass is 10.1. The molecule has 0 amide bonds. The summed E-state index contributed by atoms with van der Waals surface area (Å²) in [5, 5.41) is 3.67. The predicted octanol–water partition coefficient (Wildman–Crippen LogP) is 4.65. The standard InChI is InChI=1S/C19H32N2/c1-5-6-7-12-21(15(2)3)19-11-8-16(4)13-17(19)14-20-18-9-10-18/h8,11,13,15,18,20H,5-7,9-10,12,14H2,1-4H3. The molecule has 0 heterocycles. The third kappa shape index (κ3) is 5.03. The summed E-state index contributed by atoms with van der Waals surface area (Å²) in [5.41, 5.74) is 4.26. The van der Waals surface area contributed by atoms with E-state index in [0.29, 0.717) is 6.04 Å². The fraction of sp³-hybridized carbons (Fsp3) is 0.684. The Kier molecular flexibility index (Phi) is 6.10. The Morgan fingerprint density at radius 1 is 1.24 bits per heavy atom. The van der Waals surface area contributed by atoms with Crippen LogP contribution in [0, 0.1) is 6.92 Å². The fourth-order valence-electron chi connectivity index (χ4n) is 2.87. The second kappa shape index (κ2) is 7.84. The highest BCUT2D eigenvalue weighted by molar-refractivity contribution is 5.55. The predicted molar refractivity (Wildman–Crippen MR) is 93.0 cm³/mol. The van der Waals surface area contributed by atoms with Crippen molar-refractivity contribution in [1.82, 2.24) is 5.32 Å². The zero-order chi connectivity index (χ0) is 15.2. The van der Waals surface area contributed by atoms with E-state index < -0.39 is 0 Å². The van der Waals surface area contributed by atoms with E-state index in [4.69, 9.17) is 0 Å². The van der Waals surface area contributed by atoms with Gasteiger partial charge < -0.3 is 10.2 Å². The molecule has 1 N–H and O–H groups in total. The fourth-order valence-corrected chi connectivity index (χ4v) is 2.87. The Labute approximate surface area is 130 Å². The van der Waals surface area contributed by atoms with Crippen molar-refractivity contribution in [2.24, 2.45) is 0 Å². The third-order valence-electron chi connectivity index (χ3n) is 4.33. The minimum absolute atomic E-state index is 0.559. The zero-order valence-corrected chi connectivity index (χ0v) is 14.3. The number of aryl methyl sites for hydroxylation is 1. The molecule has 0 unspecified atom stereocenters. The van der Waals surface area contributed by atoms with Crippen molar-refractivity contribution in [3.05, 3.63) is 29.3 Å². The molecule has 0 atom stereocenters. The summed E-state index contributed by atoms with van der Waals surface area (Å²) >= 11 is 0. The summed E-state index contributed by atoms with van der Waals surface area (Å²) in [4.78, 5) is 2.58. The van der Waals surface area contributed by atoms with Crippen LogP contribution in [-0.2, 0) is 6.54 Å². The molecule has 2 heteroatoms. The molecule has 1 aliphatic rings. The van der Waals surface area contributed by atoms with E-state index in [0.717, 1.165) is 12.6 Å². The first-order valence-corrected chi connectivity index (χ1v) is 8.71. The topological polar surface area (TPSA) is 15.3 Å². The van der Waals surface area contributed by atoms with Crippen LogP contribution in [0.3, 0.4) is 0 Å². The van der Waals surface area contributed by atoms with Gasteiger partial charge in [-0.05, 0) is 51.7 Å². The molecule has 21 heavy (non-hydrogen) atoms. The van der Waals surface area contributed by atoms with Crippen LogP contribution in [0.5, 0.6) is 0 Å². The zero-order valence-electron chi connectivity index (χ0n) is 14.3. The Balaban J connectivity index is 2.12. The van der Waals surface area contributed by atoms with Gasteiger partial charge in [0.25, 0.3) is 0 Å². The minimum atomic E-state index is 0.559. The first-order valence-electron chi connectivity index (χ1n) is 8.71. The summed E-state index contributed by atoms with van der Waals surface area (Å²) in [6.07, 6.45) is 6.61. The van der Waals surface area contributed by atoms with Gasteiger partial charge in [0.1, 0.15) is 0 Å². The SMILES string of the molecule is CCCCCN(c1ccc(C)cc1CNC1CC1)C(C)C. The quantitative estimate of drug-likeness (QED) is 0.665. The highest BCUT2D eigenvalue weighted by Gasteiger charge is 2.21. The van der Waals surface area contributed by atoms with Crippen LogP contribution in [-0.4, -0.2) is 18.6 Å². The molecule has 1 aromatic rings. The van der Waals surface area contributed by atoms with Crippen molar-refractivity contribution in [3.8, 4) is 0 Å². The Hall–Kier alpha value is -1.02. The van der Waals surface area contributed by atoms with Gasteiger partial charge in [0.2, 0.25) is 0 Å². The van der Waals surface area contributed by atoms with E-state index >= 15 is 0 Å². The number of rotatable bonds is 9. The number of hydrogen-bond donors (Lipinski definition) is 1. The highest BCUT2D eigenvalue weighted by atomic mass is 15.2. The van der Waals surface area contributed by atoms with Crippen LogP contribution in [0.4, 0.5) is 5.69 Å². The van der Waals surface area contributed by atoms with Gasteiger partial charge in [-0.2, -0.15) is 0 Å². The van der Waals surface area contributed by atoms with E-state index in [-0.39, 0.29) is 0 Å². The molecule has 1 saturated carbocycles. The van der Waals surface area contributed by atoms with Gasteiger partial charge in [-0.15, -0.1) is 0 Å². The first-order chi connectivity index (χ1) is 10.1. The van der Waals surface area contributed by atoms with Crippen molar-refractivity contribution in [3.63, 3.8) is 0 Å². The molecule has 0 aromatic heterocycles. The number of benzene rings is 1. The molecule has 0 bridgehead atoms. The van der Waals surface area contributed by atoms with Crippen molar-refractivity contribution >= 4 is 5.69 Å². The molecule has 0 aliphatic heterocycles. The molecule has 0 radical (unpaired) electrons. The Morgan fingerprint density at radius 2 is 2.00 bits per heavy atom. The minimum Gasteiger partial charge on any atom is -0.369 e. The molecule has 1 aromatic carbocycles. The van der Waals surface area contributed by atoms with E-state index in [1.165, 1.54) is 55.5 Å². The molecule has 0 spiro atoms. The summed E-state index contributed by atoms with van der Waals surface area (Å²) < 4.78 is 0. The highest BCUT2D eigenvalue weighted by Crippen LogP contribution is 2.26. The second-order valence-electron chi connectivity index (χ2n) is 6.78. The Bertz CT molecular complexity index is 435. The number of anilines is 1. The van der Waals surface area contributed by atoms with Gasteiger partial charge in [0.05, 0.1) is 0 Å². The van der Waals surface area contributed by atoms with Gasteiger partial charge in [0.15, 0.2) is 0 Å². The molecular weight excluding hydrogens is 256 g/mol. The second-order valence-corrected chi connectivity index (χ2v) is 6.78. The van der Waals surface area contributed by atoms with Crippen LogP contribution in [0.15, 0.2) is 18.2 Å². The number of nitrogens with zero attached hydrogens (tertiary/aromatic N) is 1.